The maximum Gasteiger partial charge on any atom is 0.275 e. The van der Waals surface area contributed by atoms with Gasteiger partial charge in [-0.2, -0.15) is 0 Å². The van der Waals surface area contributed by atoms with Crippen LogP contribution < -0.4 is 10.2 Å². The molecule has 0 spiro atoms. The molecule has 0 saturated carbocycles. The van der Waals surface area contributed by atoms with Crippen LogP contribution in [0.4, 0.5) is 0 Å². The third kappa shape index (κ3) is 5.19. The van der Waals surface area contributed by atoms with Gasteiger partial charge in [0.1, 0.15) is 13.1 Å². The van der Waals surface area contributed by atoms with E-state index in [4.69, 9.17) is 16.3 Å². The number of amides is 1. The number of carbonyl (C=O) groups is 1. The highest BCUT2D eigenvalue weighted by Gasteiger charge is 2.16. The third-order valence-electron chi connectivity index (χ3n) is 3.26. The van der Waals surface area contributed by atoms with Gasteiger partial charge in [-0.25, -0.2) is 0 Å². The van der Waals surface area contributed by atoms with Crippen molar-refractivity contribution < 1.29 is 14.4 Å². The molecular weight excluding hydrogens is 264 g/mol. The number of rotatable bonds is 5. The molecule has 104 valence electrons. The predicted octanol–water partition coefficient (Wildman–Crippen LogP) is -0.0862. The number of benzene rings is 1. The molecule has 1 aromatic rings. The zero-order valence-corrected chi connectivity index (χ0v) is 11.7. The van der Waals surface area contributed by atoms with E-state index in [1.807, 2.05) is 24.3 Å². The summed E-state index contributed by atoms with van der Waals surface area (Å²) in [4.78, 5) is 13.1. The Kier molecular flexibility index (Phi) is 5.63. The van der Waals surface area contributed by atoms with Crippen LogP contribution in [-0.4, -0.2) is 45.3 Å². The predicted molar refractivity (Wildman–Crippen MR) is 74.5 cm³/mol. The Balaban J connectivity index is 1.64. The van der Waals surface area contributed by atoms with Crippen LogP contribution in [0.15, 0.2) is 24.3 Å². The molecule has 2 rings (SSSR count). The summed E-state index contributed by atoms with van der Waals surface area (Å²) in [6, 6.07) is 7.72. The van der Waals surface area contributed by atoms with Crippen LogP contribution in [0.1, 0.15) is 5.56 Å². The van der Waals surface area contributed by atoms with Gasteiger partial charge in [0.25, 0.3) is 5.91 Å². The van der Waals surface area contributed by atoms with E-state index >= 15 is 0 Å². The fraction of sp³-hybridized carbons (Fsp3) is 0.500. The van der Waals surface area contributed by atoms with E-state index in [-0.39, 0.29) is 5.91 Å². The Morgan fingerprint density at radius 3 is 2.63 bits per heavy atom. The molecule has 1 aliphatic heterocycles. The number of hydrogen-bond donors (Lipinski definition) is 2. The second-order valence-electron chi connectivity index (χ2n) is 4.77. The van der Waals surface area contributed by atoms with Crippen LogP contribution in [0.2, 0.25) is 5.02 Å². The van der Waals surface area contributed by atoms with E-state index < -0.39 is 0 Å². The molecule has 0 aromatic heterocycles. The highest BCUT2D eigenvalue weighted by Crippen LogP contribution is 2.09. The van der Waals surface area contributed by atoms with Gasteiger partial charge in [-0.1, -0.05) is 23.7 Å². The lowest BCUT2D eigenvalue weighted by molar-refractivity contribution is -0.900. The monoisotopic (exact) mass is 283 g/mol. The van der Waals surface area contributed by atoms with E-state index in [0.717, 1.165) is 37.7 Å². The number of ether oxygens (including phenoxy) is 1. The second kappa shape index (κ2) is 7.48. The van der Waals surface area contributed by atoms with Gasteiger partial charge < -0.3 is 15.0 Å². The fourth-order valence-electron chi connectivity index (χ4n) is 2.12. The van der Waals surface area contributed by atoms with Crippen molar-refractivity contribution in [3.8, 4) is 0 Å². The highest BCUT2D eigenvalue weighted by atomic mass is 35.5. The zero-order valence-electron chi connectivity index (χ0n) is 11.0. The van der Waals surface area contributed by atoms with Crippen molar-refractivity contribution in [2.75, 3.05) is 39.4 Å². The number of quaternary nitrogens is 1. The van der Waals surface area contributed by atoms with Crippen LogP contribution in [-0.2, 0) is 16.0 Å². The van der Waals surface area contributed by atoms with Gasteiger partial charge in [0, 0.05) is 11.6 Å². The van der Waals surface area contributed by atoms with Crippen LogP contribution in [0.3, 0.4) is 0 Å². The summed E-state index contributed by atoms with van der Waals surface area (Å²) in [6.07, 6.45) is 0.835. The summed E-state index contributed by atoms with van der Waals surface area (Å²) in [5.74, 6) is 0.117. The molecule has 0 atom stereocenters. The van der Waals surface area contributed by atoms with Crippen molar-refractivity contribution in [1.82, 2.24) is 5.32 Å². The van der Waals surface area contributed by atoms with E-state index in [1.165, 1.54) is 10.5 Å². The first-order valence-corrected chi connectivity index (χ1v) is 7.04. The Labute approximate surface area is 118 Å². The molecule has 0 radical (unpaired) electrons. The number of nitrogens with one attached hydrogen (secondary N) is 2. The maximum atomic E-state index is 11.8. The Hall–Kier alpha value is -1.10. The lowest BCUT2D eigenvalue weighted by Gasteiger charge is -2.23. The molecule has 1 aromatic carbocycles. The lowest BCUT2D eigenvalue weighted by atomic mass is 10.1. The topological polar surface area (TPSA) is 42.8 Å². The first-order valence-electron chi connectivity index (χ1n) is 6.66. The standard InChI is InChI=1S/C14H19ClN2O2/c15-13-3-1-12(2-4-13)5-6-16-14(18)11-17-7-9-19-10-8-17/h1-4H,5-11H2,(H,16,18)/p+1. The molecule has 4 nitrogen and oxygen atoms in total. The molecule has 1 aliphatic rings. The third-order valence-corrected chi connectivity index (χ3v) is 3.51. The lowest BCUT2D eigenvalue weighted by Crippen LogP contribution is -3.15. The molecule has 1 fully saturated rings. The highest BCUT2D eigenvalue weighted by molar-refractivity contribution is 6.30. The van der Waals surface area contributed by atoms with Crippen LogP contribution in [0.5, 0.6) is 0 Å². The van der Waals surface area contributed by atoms with Crippen molar-refractivity contribution in [3.63, 3.8) is 0 Å². The smallest absolute Gasteiger partial charge is 0.275 e. The molecule has 5 heteroatoms. The van der Waals surface area contributed by atoms with Gasteiger partial charge in [-0.15, -0.1) is 0 Å². The molecule has 0 aliphatic carbocycles. The molecule has 1 amide bonds. The van der Waals surface area contributed by atoms with E-state index in [1.54, 1.807) is 0 Å². The average molecular weight is 284 g/mol. The molecule has 0 bridgehead atoms. The van der Waals surface area contributed by atoms with Gasteiger partial charge in [-0.05, 0) is 24.1 Å². The van der Waals surface area contributed by atoms with Crippen molar-refractivity contribution in [3.05, 3.63) is 34.9 Å². The molecule has 1 heterocycles. The summed E-state index contributed by atoms with van der Waals surface area (Å²) < 4.78 is 5.27. The van der Waals surface area contributed by atoms with Gasteiger partial charge in [0.15, 0.2) is 6.54 Å². The first kappa shape index (κ1) is 14.3. The number of morpholine rings is 1. The molecule has 2 N–H and O–H groups in total. The Morgan fingerprint density at radius 1 is 1.26 bits per heavy atom. The summed E-state index contributed by atoms with van der Waals surface area (Å²) in [7, 11) is 0. The minimum Gasteiger partial charge on any atom is -0.370 e. The minimum atomic E-state index is 0.117. The summed E-state index contributed by atoms with van der Waals surface area (Å²) in [5, 5.41) is 3.70. The minimum absolute atomic E-state index is 0.117. The summed E-state index contributed by atoms with van der Waals surface area (Å²) in [6.45, 7) is 4.57. The van der Waals surface area contributed by atoms with Gasteiger partial charge in [-0.3, -0.25) is 4.79 Å². The second-order valence-corrected chi connectivity index (χ2v) is 5.20. The normalized spacial score (nSPS) is 16.3. The number of halogens is 1. The summed E-state index contributed by atoms with van der Waals surface area (Å²) in [5.41, 5.74) is 1.18. The van der Waals surface area contributed by atoms with Gasteiger partial charge >= 0.3 is 0 Å². The largest absolute Gasteiger partial charge is 0.370 e. The van der Waals surface area contributed by atoms with Crippen LogP contribution in [0, 0.1) is 0 Å². The molecular formula is C14H20ClN2O2+. The molecule has 19 heavy (non-hydrogen) atoms. The maximum absolute atomic E-state index is 11.8. The van der Waals surface area contributed by atoms with E-state index in [2.05, 4.69) is 5.32 Å². The Bertz CT molecular complexity index is 402. The SMILES string of the molecule is O=C(C[NH+]1CCOCC1)NCCc1ccc(Cl)cc1. The van der Waals surface area contributed by atoms with Crippen LogP contribution >= 0.6 is 11.6 Å². The zero-order chi connectivity index (χ0) is 13.5. The molecule has 0 unspecified atom stereocenters. The number of hydrogen-bond acceptors (Lipinski definition) is 2. The van der Waals surface area contributed by atoms with Crippen molar-refractivity contribution in [2.45, 2.75) is 6.42 Å². The first-order chi connectivity index (χ1) is 9.24. The number of carbonyl (C=O) groups excluding carboxylic acids is 1. The quantitative estimate of drug-likeness (QED) is 0.793. The van der Waals surface area contributed by atoms with Crippen LogP contribution in [0.25, 0.3) is 0 Å². The van der Waals surface area contributed by atoms with Crippen molar-refractivity contribution in [1.29, 1.82) is 0 Å². The molecule has 1 saturated heterocycles. The fourth-order valence-corrected chi connectivity index (χ4v) is 2.25. The van der Waals surface area contributed by atoms with Crippen molar-refractivity contribution >= 4 is 17.5 Å². The van der Waals surface area contributed by atoms with Gasteiger partial charge in [0.2, 0.25) is 0 Å². The van der Waals surface area contributed by atoms with Crippen molar-refractivity contribution in [2.24, 2.45) is 0 Å². The van der Waals surface area contributed by atoms with E-state index in [0.29, 0.717) is 13.1 Å². The van der Waals surface area contributed by atoms with Gasteiger partial charge in [0.05, 0.1) is 13.2 Å². The van der Waals surface area contributed by atoms with E-state index in [9.17, 15) is 4.79 Å². The average Bonchev–Trinajstić information content (AvgIpc) is 2.42. The Morgan fingerprint density at radius 2 is 1.95 bits per heavy atom. The summed E-state index contributed by atoms with van der Waals surface area (Å²) >= 11 is 5.82.